The highest BCUT2D eigenvalue weighted by atomic mass is 32.2. The summed E-state index contributed by atoms with van der Waals surface area (Å²) < 4.78 is 14.2. The SMILES string of the molecule is CN(CCSC(C)(C)C)CCP(=O)(c1ccccc1)c1ccccc1. The van der Waals surface area contributed by atoms with Crippen molar-refractivity contribution in [1.82, 2.24) is 4.90 Å². The van der Waals surface area contributed by atoms with Gasteiger partial charge >= 0.3 is 0 Å². The molecule has 0 aliphatic heterocycles. The second-order valence-electron chi connectivity index (χ2n) is 7.40. The molecule has 0 aliphatic carbocycles. The van der Waals surface area contributed by atoms with Crippen molar-refractivity contribution in [2.75, 3.05) is 32.1 Å². The Bertz CT molecular complexity index is 639. The minimum absolute atomic E-state index is 0.296. The molecule has 2 rings (SSSR count). The van der Waals surface area contributed by atoms with Crippen LogP contribution in [0, 0.1) is 0 Å². The summed E-state index contributed by atoms with van der Waals surface area (Å²) in [5.41, 5.74) is 0. The first kappa shape index (κ1) is 20.3. The molecule has 136 valence electrons. The Labute approximate surface area is 157 Å². The second-order valence-corrected chi connectivity index (χ2v) is 12.3. The molecular formula is C21H30NOPS. The van der Waals surface area contributed by atoms with Gasteiger partial charge in [0.05, 0.1) is 0 Å². The van der Waals surface area contributed by atoms with E-state index in [9.17, 15) is 4.57 Å². The minimum atomic E-state index is -2.59. The smallest absolute Gasteiger partial charge is 0.144 e. The summed E-state index contributed by atoms with van der Waals surface area (Å²) in [5, 5.41) is 1.91. The Morgan fingerprint density at radius 3 is 1.80 bits per heavy atom. The summed E-state index contributed by atoms with van der Waals surface area (Å²) in [7, 11) is -0.463. The van der Waals surface area contributed by atoms with Gasteiger partial charge in [-0.15, -0.1) is 0 Å². The molecule has 0 saturated heterocycles. The number of rotatable bonds is 8. The molecule has 0 aliphatic rings. The minimum Gasteiger partial charge on any atom is -0.314 e. The third-order valence-corrected chi connectivity index (χ3v) is 8.50. The average Bonchev–Trinajstić information content (AvgIpc) is 2.60. The first-order valence-corrected chi connectivity index (χ1v) is 11.7. The fraction of sp³-hybridized carbons (Fsp3) is 0.429. The van der Waals surface area contributed by atoms with Crippen LogP contribution in [-0.2, 0) is 4.57 Å². The van der Waals surface area contributed by atoms with Crippen LogP contribution in [0.4, 0.5) is 0 Å². The lowest BCUT2D eigenvalue weighted by atomic mass is 10.3. The monoisotopic (exact) mass is 375 g/mol. The average molecular weight is 376 g/mol. The molecular weight excluding hydrogens is 345 g/mol. The highest BCUT2D eigenvalue weighted by Gasteiger charge is 2.27. The highest BCUT2D eigenvalue weighted by molar-refractivity contribution is 8.00. The Hall–Kier alpha value is -1.02. The fourth-order valence-electron chi connectivity index (χ4n) is 2.68. The molecule has 25 heavy (non-hydrogen) atoms. The van der Waals surface area contributed by atoms with Gasteiger partial charge in [0.2, 0.25) is 0 Å². The van der Waals surface area contributed by atoms with Crippen LogP contribution in [0.3, 0.4) is 0 Å². The summed E-state index contributed by atoms with van der Waals surface area (Å²) in [6, 6.07) is 19.9. The summed E-state index contributed by atoms with van der Waals surface area (Å²) in [4.78, 5) is 2.30. The molecule has 0 heterocycles. The van der Waals surface area contributed by atoms with Gasteiger partial charge in [-0.05, 0) is 7.05 Å². The molecule has 0 saturated carbocycles. The van der Waals surface area contributed by atoms with Crippen molar-refractivity contribution in [3.8, 4) is 0 Å². The van der Waals surface area contributed by atoms with Crippen molar-refractivity contribution in [3.05, 3.63) is 60.7 Å². The van der Waals surface area contributed by atoms with Gasteiger partial charge in [-0.3, -0.25) is 0 Å². The summed E-state index contributed by atoms with van der Waals surface area (Å²) in [6.45, 7) is 8.60. The first-order valence-electron chi connectivity index (χ1n) is 8.84. The van der Waals surface area contributed by atoms with Crippen molar-refractivity contribution < 1.29 is 4.57 Å². The molecule has 2 nitrogen and oxygen atoms in total. The van der Waals surface area contributed by atoms with Crippen molar-refractivity contribution >= 4 is 29.5 Å². The van der Waals surface area contributed by atoms with E-state index in [0.29, 0.717) is 10.9 Å². The van der Waals surface area contributed by atoms with E-state index in [2.05, 4.69) is 32.7 Å². The molecule has 0 radical (unpaired) electrons. The van der Waals surface area contributed by atoms with Gasteiger partial charge in [-0.1, -0.05) is 81.4 Å². The maximum absolute atomic E-state index is 13.9. The molecule has 0 amide bonds. The predicted molar refractivity (Wildman–Crippen MR) is 114 cm³/mol. The van der Waals surface area contributed by atoms with Crippen LogP contribution in [0.25, 0.3) is 0 Å². The molecule has 2 aromatic rings. The van der Waals surface area contributed by atoms with Gasteiger partial charge < -0.3 is 9.46 Å². The van der Waals surface area contributed by atoms with Crippen LogP contribution >= 0.6 is 18.9 Å². The summed E-state index contributed by atoms with van der Waals surface area (Å²) in [5.74, 6) is 1.10. The van der Waals surface area contributed by atoms with Gasteiger partial charge in [0.25, 0.3) is 0 Å². The molecule has 0 atom stereocenters. The Morgan fingerprint density at radius 2 is 1.36 bits per heavy atom. The van der Waals surface area contributed by atoms with Crippen LogP contribution in [0.5, 0.6) is 0 Å². The lowest BCUT2D eigenvalue weighted by molar-refractivity contribution is 0.377. The Kier molecular flexibility index (Phi) is 7.37. The maximum atomic E-state index is 13.9. The largest absolute Gasteiger partial charge is 0.314 e. The van der Waals surface area contributed by atoms with E-state index < -0.39 is 7.14 Å². The number of thioether (sulfide) groups is 1. The van der Waals surface area contributed by atoms with Crippen LogP contribution in [0.2, 0.25) is 0 Å². The Balaban J connectivity index is 2.07. The fourth-order valence-corrected chi connectivity index (χ4v) is 6.44. The second kappa shape index (κ2) is 9.07. The molecule has 0 fully saturated rings. The standard InChI is InChI=1S/C21H30NOPS/c1-21(2,3)25-18-16-22(4)15-17-24(23,19-11-7-5-8-12-19)20-13-9-6-10-14-20/h5-14H,15-18H2,1-4H3. The van der Waals surface area contributed by atoms with Gasteiger partial charge in [0.1, 0.15) is 7.14 Å². The first-order chi connectivity index (χ1) is 11.8. The Morgan fingerprint density at radius 1 is 0.880 bits per heavy atom. The molecule has 0 spiro atoms. The normalized spacial score (nSPS) is 12.5. The van der Waals surface area contributed by atoms with Gasteiger partial charge in [-0.2, -0.15) is 11.8 Å². The lowest BCUT2D eigenvalue weighted by Gasteiger charge is -2.24. The van der Waals surface area contributed by atoms with Crippen molar-refractivity contribution in [3.63, 3.8) is 0 Å². The van der Waals surface area contributed by atoms with Gasteiger partial charge in [0.15, 0.2) is 0 Å². The van der Waals surface area contributed by atoms with E-state index in [1.807, 2.05) is 72.4 Å². The molecule has 0 unspecified atom stereocenters. The summed E-state index contributed by atoms with van der Waals surface area (Å²) >= 11 is 1.98. The quantitative estimate of drug-likeness (QED) is 0.635. The zero-order valence-electron chi connectivity index (χ0n) is 15.8. The molecule has 4 heteroatoms. The van der Waals surface area contributed by atoms with Crippen molar-refractivity contribution in [1.29, 1.82) is 0 Å². The van der Waals surface area contributed by atoms with E-state index in [0.717, 1.165) is 29.5 Å². The van der Waals surface area contributed by atoms with E-state index in [1.54, 1.807) is 0 Å². The van der Waals surface area contributed by atoms with Crippen LogP contribution in [-0.4, -0.2) is 41.7 Å². The summed E-state index contributed by atoms with van der Waals surface area (Å²) in [6.07, 6.45) is 0.678. The van der Waals surface area contributed by atoms with Crippen LogP contribution in [0.15, 0.2) is 60.7 Å². The predicted octanol–water partition coefficient (Wildman–Crippen LogP) is 4.46. The van der Waals surface area contributed by atoms with Crippen molar-refractivity contribution in [2.45, 2.75) is 25.5 Å². The van der Waals surface area contributed by atoms with Crippen LogP contribution in [0.1, 0.15) is 20.8 Å². The van der Waals surface area contributed by atoms with Crippen LogP contribution < -0.4 is 10.6 Å². The maximum Gasteiger partial charge on any atom is 0.144 e. The molecule has 0 aromatic heterocycles. The lowest BCUT2D eigenvalue weighted by Crippen LogP contribution is -2.29. The highest BCUT2D eigenvalue weighted by Crippen LogP contribution is 2.42. The third-order valence-electron chi connectivity index (χ3n) is 4.15. The molecule has 0 N–H and O–H groups in total. The topological polar surface area (TPSA) is 20.3 Å². The van der Waals surface area contributed by atoms with E-state index >= 15 is 0 Å². The van der Waals surface area contributed by atoms with E-state index in [-0.39, 0.29) is 0 Å². The molecule has 0 bridgehead atoms. The van der Waals surface area contributed by atoms with E-state index in [4.69, 9.17) is 0 Å². The zero-order chi connectivity index (χ0) is 18.3. The number of hydrogen-bond donors (Lipinski definition) is 0. The number of benzene rings is 2. The molecule has 2 aromatic carbocycles. The van der Waals surface area contributed by atoms with E-state index in [1.165, 1.54) is 0 Å². The van der Waals surface area contributed by atoms with Crippen molar-refractivity contribution in [2.24, 2.45) is 0 Å². The number of hydrogen-bond acceptors (Lipinski definition) is 3. The number of nitrogens with zero attached hydrogens (tertiary/aromatic N) is 1. The third kappa shape index (κ3) is 6.33. The van der Waals surface area contributed by atoms with Gasteiger partial charge in [-0.25, -0.2) is 0 Å². The van der Waals surface area contributed by atoms with Gasteiger partial charge in [0, 0.05) is 40.4 Å². The zero-order valence-corrected chi connectivity index (χ0v) is 17.5.